The molecule has 2 atom stereocenters. The van der Waals surface area contributed by atoms with E-state index in [1.54, 1.807) is 21.9 Å². The van der Waals surface area contributed by atoms with Crippen LogP contribution in [-0.2, 0) is 29.4 Å². The van der Waals surface area contributed by atoms with Gasteiger partial charge in [0.05, 0.1) is 0 Å². The fraction of sp³-hybridized carbons (Fsp3) is 0.600. The minimum atomic E-state index is -2.01. The quantitative estimate of drug-likeness (QED) is 0.413. The molecule has 2 unspecified atom stereocenters. The van der Waals surface area contributed by atoms with E-state index >= 15 is 0 Å². The van der Waals surface area contributed by atoms with E-state index in [1.807, 2.05) is 3.88 Å². The summed E-state index contributed by atoms with van der Waals surface area (Å²) in [6, 6.07) is 8.88. The molecular formula is C25H42SiTi. The van der Waals surface area contributed by atoms with E-state index in [0.717, 1.165) is 12.8 Å². The Morgan fingerprint density at radius 3 is 1.70 bits per heavy atom. The van der Waals surface area contributed by atoms with Crippen LogP contribution in [0.5, 0.6) is 0 Å². The molecule has 0 fully saturated rings. The molecule has 1 aliphatic carbocycles. The van der Waals surface area contributed by atoms with Gasteiger partial charge in [0.25, 0.3) is 0 Å². The molecule has 1 aliphatic rings. The topological polar surface area (TPSA) is 0 Å². The first-order valence-corrected chi connectivity index (χ1v) is 19.1. The molecule has 0 saturated carbocycles. The van der Waals surface area contributed by atoms with Crippen LogP contribution in [-0.4, -0.2) is 8.07 Å². The first-order chi connectivity index (χ1) is 12.4. The standard InChI is InChI=1S/C22H33Si.3CH3.Ti/c1-9-19-12-20(10-2)14-21(13-19)23(8,11-3)22(7)15-16(4)17(5)18(22)6;;;;/h12-14H,9-11H2,1-8H3;3*1H3;. The Balaban J connectivity index is 2.85. The fourth-order valence-corrected chi connectivity index (χ4v) is 17.7. The number of aryl methyl sites for hydroxylation is 2. The van der Waals surface area contributed by atoms with Gasteiger partial charge in [0.15, 0.2) is 0 Å². The minimum absolute atomic E-state index is 0.269. The molecule has 1 aromatic rings. The average Bonchev–Trinajstić information content (AvgIpc) is 2.81. The molecule has 2 heteroatoms. The molecule has 0 aliphatic heterocycles. The average molecular weight is 419 g/mol. The monoisotopic (exact) mass is 418 g/mol. The summed E-state index contributed by atoms with van der Waals surface area (Å²) >= 11 is -2.01. The summed E-state index contributed by atoms with van der Waals surface area (Å²) < 4.78 is 1.88. The van der Waals surface area contributed by atoms with Gasteiger partial charge in [-0.25, -0.2) is 0 Å². The number of benzene rings is 1. The first-order valence-electron chi connectivity index (χ1n) is 10.9. The molecule has 0 spiro atoms. The van der Waals surface area contributed by atoms with E-state index < -0.39 is 24.7 Å². The zero-order valence-electron chi connectivity index (χ0n) is 19.9. The van der Waals surface area contributed by atoms with Crippen LogP contribution in [0, 0.1) is 0 Å². The van der Waals surface area contributed by atoms with Gasteiger partial charge in [-0.15, -0.1) is 0 Å². The Morgan fingerprint density at radius 1 is 0.852 bits per heavy atom. The van der Waals surface area contributed by atoms with E-state index in [1.165, 1.54) is 17.2 Å². The zero-order chi connectivity index (χ0) is 20.8. The van der Waals surface area contributed by atoms with Crippen LogP contribution in [0.4, 0.5) is 0 Å². The van der Waals surface area contributed by atoms with Gasteiger partial charge in [0, 0.05) is 0 Å². The van der Waals surface area contributed by atoms with Gasteiger partial charge in [0.2, 0.25) is 0 Å². The van der Waals surface area contributed by atoms with Gasteiger partial charge < -0.3 is 0 Å². The van der Waals surface area contributed by atoms with E-state index in [-0.39, 0.29) is 5.04 Å². The van der Waals surface area contributed by atoms with Crippen LogP contribution >= 0.6 is 0 Å². The predicted octanol–water partition coefficient (Wildman–Crippen LogP) is 7.80. The second kappa shape index (κ2) is 7.81. The molecule has 1 aromatic carbocycles. The summed E-state index contributed by atoms with van der Waals surface area (Å²) in [6.45, 7) is 19.6. The third kappa shape index (κ3) is 3.54. The van der Waals surface area contributed by atoms with Crippen LogP contribution in [0.25, 0.3) is 0 Å². The summed E-state index contributed by atoms with van der Waals surface area (Å²) in [5.74, 6) is 0. The summed E-state index contributed by atoms with van der Waals surface area (Å²) in [4.78, 5) is 0. The Hall–Kier alpha value is -0.369. The Labute approximate surface area is 173 Å². The van der Waals surface area contributed by atoms with Crippen molar-refractivity contribution in [2.45, 2.75) is 94.6 Å². The zero-order valence-corrected chi connectivity index (χ0v) is 22.4. The van der Waals surface area contributed by atoms with E-state index in [2.05, 4.69) is 88.9 Å². The SMILES string of the molecule is CCc1cc(CC)cc([Si](C)(CC)C2(C)C(C)=C(C)C(C)=[C]2[Ti]([CH3])([CH3])[CH3])c1. The summed E-state index contributed by atoms with van der Waals surface area (Å²) in [6.07, 6.45) is 2.27. The van der Waals surface area contributed by atoms with Crippen molar-refractivity contribution < 1.29 is 16.6 Å². The van der Waals surface area contributed by atoms with Gasteiger partial charge in [-0.1, -0.05) is 0 Å². The van der Waals surface area contributed by atoms with Crippen LogP contribution in [0.1, 0.15) is 59.6 Å². The van der Waals surface area contributed by atoms with Crippen molar-refractivity contribution in [2.75, 3.05) is 0 Å². The number of allylic oxidation sites excluding steroid dienone is 4. The van der Waals surface area contributed by atoms with Crippen LogP contribution in [0.3, 0.4) is 0 Å². The van der Waals surface area contributed by atoms with E-state index in [4.69, 9.17) is 0 Å². The summed E-state index contributed by atoms with van der Waals surface area (Å²) in [7, 11) is -1.77. The second-order valence-corrected chi connectivity index (χ2v) is 22.8. The van der Waals surface area contributed by atoms with Gasteiger partial charge in [-0.2, -0.15) is 0 Å². The van der Waals surface area contributed by atoms with Gasteiger partial charge in [-0.3, -0.25) is 0 Å². The normalized spacial score (nSPS) is 23.2. The van der Waals surface area contributed by atoms with Gasteiger partial charge >= 0.3 is 174 Å². The maximum atomic E-state index is 2.69. The molecule has 27 heavy (non-hydrogen) atoms. The van der Waals surface area contributed by atoms with Crippen molar-refractivity contribution in [1.82, 2.24) is 0 Å². The van der Waals surface area contributed by atoms with Crippen LogP contribution < -0.4 is 5.19 Å². The van der Waals surface area contributed by atoms with Crippen molar-refractivity contribution in [3.63, 3.8) is 0 Å². The van der Waals surface area contributed by atoms with E-state index in [9.17, 15) is 0 Å². The van der Waals surface area contributed by atoms with Crippen molar-refractivity contribution in [3.8, 4) is 0 Å². The summed E-state index contributed by atoms with van der Waals surface area (Å²) in [5, 5.41) is 9.77. The molecule has 0 amide bonds. The second-order valence-electron chi connectivity index (χ2n) is 10.1. The molecule has 0 nitrogen and oxygen atoms in total. The van der Waals surface area contributed by atoms with Crippen LogP contribution in [0.2, 0.25) is 33.3 Å². The Morgan fingerprint density at radius 2 is 1.33 bits per heavy atom. The van der Waals surface area contributed by atoms with Gasteiger partial charge in [-0.05, 0) is 0 Å². The third-order valence-electron chi connectivity index (χ3n) is 7.82. The molecular weight excluding hydrogens is 376 g/mol. The number of hydrogen-bond acceptors (Lipinski definition) is 0. The molecule has 0 aromatic heterocycles. The molecule has 0 heterocycles. The molecule has 0 N–H and O–H groups in total. The fourth-order valence-electron chi connectivity index (χ4n) is 5.74. The van der Waals surface area contributed by atoms with Gasteiger partial charge in [0.1, 0.15) is 0 Å². The molecule has 0 bridgehead atoms. The number of hydrogen-bond donors (Lipinski definition) is 0. The third-order valence-corrected chi connectivity index (χ3v) is 17.7. The molecule has 150 valence electrons. The molecule has 2 rings (SSSR count). The predicted molar refractivity (Wildman–Crippen MR) is 124 cm³/mol. The number of rotatable bonds is 6. The van der Waals surface area contributed by atoms with Crippen molar-refractivity contribution in [3.05, 3.63) is 49.9 Å². The Kier molecular flexibility index (Phi) is 6.63. The van der Waals surface area contributed by atoms with E-state index in [0.29, 0.717) is 0 Å². The Bertz CT molecular complexity index is 771. The van der Waals surface area contributed by atoms with Crippen molar-refractivity contribution >= 4 is 13.3 Å². The van der Waals surface area contributed by atoms with Crippen LogP contribution in [0.15, 0.2) is 38.8 Å². The van der Waals surface area contributed by atoms with Crippen molar-refractivity contribution in [2.24, 2.45) is 0 Å². The molecule has 0 saturated heterocycles. The molecule has 0 radical (unpaired) electrons. The van der Waals surface area contributed by atoms with Crippen molar-refractivity contribution in [1.29, 1.82) is 0 Å². The maximum absolute atomic E-state index is 2.69. The first kappa shape index (κ1) is 22.9. The summed E-state index contributed by atoms with van der Waals surface area (Å²) in [5.41, 5.74) is 7.94.